The van der Waals surface area contributed by atoms with Crippen LogP contribution < -0.4 is 10.0 Å². The smallest absolute Gasteiger partial charge is 0.127 e. The van der Waals surface area contributed by atoms with Crippen molar-refractivity contribution in [3.63, 3.8) is 0 Å². The van der Waals surface area contributed by atoms with Crippen LogP contribution in [0.1, 0.15) is 87.8 Å². The Bertz CT molecular complexity index is 1480. The van der Waals surface area contributed by atoms with E-state index in [9.17, 15) is 0 Å². The van der Waals surface area contributed by atoms with Crippen LogP contribution in [-0.4, -0.2) is 5.71 Å². The molecule has 0 fully saturated rings. The van der Waals surface area contributed by atoms with Crippen molar-refractivity contribution >= 4 is 25.3 Å². The van der Waals surface area contributed by atoms with Crippen LogP contribution in [0.4, 0.5) is 5.69 Å². The highest BCUT2D eigenvalue weighted by atomic mass is 31.1. The molecule has 41 heavy (non-hydrogen) atoms. The summed E-state index contributed by atoms with van der Waals surface area (Å²) in [4.78, 5) is 5.02. The van der Waals surface area contributed by atoms with E-state index in [4.69, 9.17) is 9.73 Å². The average molecular weight is 564 g/mol. The molecule has 4 aromatic carbocycles. The van der Waals surface area contributed by atoms with Crippen LogP contribution in [0.3, 0.4) is 0 Å². The molecule has 0 N–H and O–H groups in total. The molecule has 4 aromatic rings. The van der Waals surface area contributed by atoms with Crippen molar-refractivity contribution in [2.75, 3.05) is 0 Å². The largest absolute Gasteiger partial charge is 0.488 e. The number of hydrogen-bond donors (Lipinski definition) is 0. The highest BCUT2D eigenvalue weighted by Gasteiger charge is 2.34. The molecule has 2 unspecified atom stereocenters. The van der Waals surface area contributed by atoms with E-state index < -0.39 is 0 Å². The molecule has 3 heteroatoms. The van der Waals surface area contributed by atoms with Gasteiger partial charge in [0.05, 0.1) is 5.69 Å². The number of ether oxygens (including phenoxy) is 1. The second kappa shape index (κ2) is 13.2. The molecule has 0 bridgehead atoms. The minimum atomic E-state index is -0.0965. The second-order valence-electron chi connectivity index (χ2n) is 12.5. The number of para-hydroxylation sites is 1. The predicted octanol–water partition coefficient (Wildman–Crippen LogP) is 10.3. The number of nitrogens with zero attached hydrogens (tertiary/aromatic N) is 1. The Morgan fingerprint density at radius 1 is 0.805 bits per heavy atom. The fourth-order valence-corrected chi connectivity index (χ4v) is 7.48. The fraction of sp³-hybridized carbons (Fsp3) is 0.342. The lowest BCUT2D eigenvalue weighted by Crippen LogP contribution is -2.26. The number of aliphatic imine (C=N–C) groups is 1. The Morgan fingerprint density at radius 3 is 2.07 bits per heavy atom. The van der Waals surface area contributed by atoms with Crippen LogP contribution in [0.5, 0.6) is 5.75 Å². The van der Waals surface area contributed by atoms with E-state index in [-0.39, 0.29) is 10.6 Å². The summed E-state index contributed by atoms with van der Waals surface area (Å²) in [5.41, 5.74) is 9.64. The topological polar surface area (TPSA) is 21.6 Å². The van der Waals surface area contributed by atoms with Gasteiger partial charge in [0.2, 0.25) is 0 Å². The molecule has 0 aromatic heterocycles. The third-order valence-electron chi connectivity index (χ3n) is 7.73. The highest BCUT2D eigenvalue weighted by molar-refractivity contribution is 7.49. The summed E-state index contributed by atoms with van der Waals surface area (Å²) in [5, 5.41) is 1.30. The summed E-state index contributed by atoms with van der Waals surface area (Å²) in [6.07, 6.45) is 2.17. The molecule has 214 valence electrons. The molecule has 0 aliphatic rings. The molecular formula is C38H46NOP. The van der Waals surface area contributed by atoms with E-state index in [1.54, 1.807) is 0 Å². The highest BCUT2D eigenvalue weighted by Crippen LogP contribution is 2.51. The molecule has 2 atom stereocenters. The maximum atomic E-state index is 6.83. The van der Waals surface area contributed by atoms with Crippen LogP contribution in [0, 0.1) is 13.8 Å². The molecule has 0 radical (unpaired) electrons. The number of hydrogen-bond acceptors (Lipinski definition) is 2. The summed E-state index contributed by atoms with van der Waals surface area (Å²) in [6, 6.07) is 32.2. The molecule has 0 amide bonds. The van der Waals surface area contributed by atoms with E-state index in [2.05, 4.69) is 128 Å². The molecule has 0 heterocycles. The zero-order valence-electron chi connectivity index (χ0n) is 26.1. The number of aryl methyl sites for hydroxylation is 2. The second-order valence-corrected chi connectivity index (χ2v) is 14.3. The first-order valence-electron chi connectivity index (χ1n) is 14.8. The van der Waals surface area contributed by atoms with Crippen LogP contribution in [-0.2, 0) is 17.2 Å². The van der Waals surface area contributed by atoms with E-state index in [1.165, 1.54) is 38.7 Å². The van der Waals surface area contributed by atoms with Gasteiger partial charge in [-0.3, -0.25) is 4.99 Å². The lowest BCUT2D eigenvalue weighted by atomic mass is 9.81. The van der Waals surface area contributed by atoms with Gasteiger partial charge in [0, 0.05) is 27.6 Å². The summed E-state index contributed by atoms with van der Waals surface area (Å²) in [5.74, 6) is 1.06. The van der Waals surface area contributed by atoms with E-state index in [0.717, 1.165) is 30.0 Å². The monoisotopic (exact) mass is 563 g/mol. The van der Waals surface area contributed by atoms with Gasteiger partial charge in [-0.15, -0.1) is 0 Å². The molecule has 0 aliphatic heterocycles. The normalized spacial score (nSPS) is 13.9. The van der Waals surface area contributed by atoms with Gasteiger partial charge in [-0.1, -0.05) is 134 Å². The quantitative estimate of drug-likeness (QED) is 0.139. The van der Waals surface area contributed by atoms with Gasteiger partial charge in [-0.25, -0.2) is 0 Å². The third kappa shape index (κ3) is 7.55. The molecular weight excluding hydrogens is 517 g/mol. The Labute approximate surface area is 250 Å². The van der Waals surface area contributed by atoms with Gasteiger partial charge in [-0.05, 0) is 61.2 Å². The molecule has 0 saturated carbocycles. The average Bonchev–Trinajstić information content (AvgIpc) is 2.94. The summed E-state index contributed by atoms with van der Waals surface area (Å²) >= 11 is 0. The molecule has 0 aliphatic carbocycles. The van der Waals surface area contributed by atoms with Crippen molar-refractivity contribution in [2.24, 2.45) is 4.99 Å². The molecule has 0 saturated heterocycles. The van der Waals surface area contributed by atoms with Gasteiger partial charge in [0.1, 0.15) is 12.4 Å². The number of benzene rings is 4. The SMILES string of the molecule is CCCC(C)(Pc1c(C)cccc1C(C)=Nc1ccccc1)c1cc(C)cc(C(C)(C)C)c1OCc1ccccc1. The van der Waals surface area contributed by atoms with Gasteiger partial charge in [-0.2, -0.15) is 0 Å². The van der Waals surface area contributed by atoms with Gasteiger partial charge >= 0.3 is 0 Å². The molecule has 0 spiro atoms. The Morgan fingerprint density at radius 2 is 1.44 bits per heavy atom. The minimum absolute atomic E-state index is 0.0459. The maximum Gasteiger partial charge on any atom is 0.127 e. The predicted molar refractivity (Wildman–Crippen MR) is 180 cm³/mol. The van der Waals surface area contributed by atoms with E-state index in [1.807, 2.05) is 18.2 Å². The van der Waals surface area contributed by atoms with Crippen molar-refractivity contribution in [2.45, 2.75) is 85.4 Å². The number of rotatable bonds is 10. The van der Waals surface area contributed by atoms with Crippen molar-refractivity contribution in [3.8, 4) is 5.75 Å². The van der Waals surface area contributed by atoms with Crippen LogP contribution in [0.2, 0.25) is 0 Å². The lowest BCUT2D eigenvalue weighted by molar-refractivity contribution is 0.290. The summed E-state index contributed by atoms with van der Waals surface area (Å²) in [6.45, 7) is 18.8. The first kappa shape index (κ1) is 30.7. The Balaban J connectivity index is 1.85. The maximum absolute atomic E-state index is 6.83. The molecule has 2 nitrogen and oxygen atoms in total. The Hall–Kier alpha value is -3.22. The van der Waals surface area contributed by atoms with Crippen molar-refractivity contribution < 1.29 is 4.74 Å². The first-order chi connectivity index (χ1) is 19.5. The van der Waals surface area contributed by atoms with Crippen LogP contribution >= 0.6 is 8.58 Å². The zero-order chi connectivity index (χ0) is 29.6. The standard InChI is InChI=1S/C38H46NOP/c1-9-23-38(8,41-36-28(3)17-16-22-32(36)29(4)39-31-20-14-11-15-21-31)34-25-27(2)24-33(37(5,6)7)35(34)40-26-30-18-12-10-13-19-30/h10-22,24-25,41H,9,23,26H2,1-8H3. The van der Waals surface area contributed by atoms with Crippen molar-refractivity contribution in [1.29, 1.82) is 0 Å². The zero-order valence-corrected chi connectivity index (χ0v) is 27.1. The van der Waals surface area contributed by atoms with Gasteiger partial charge < -0.3 is 4.74 Å². The van der Waals surface area contributed by atoms with Gasteiger partial charge in [0.25, 0.3) is 0 Å². The van der Waals surface area contributed by atoms with Crippen molar-refractivity contribution in [1.82, 2.24) is 0 Å². The van der Waals surface area contributed by atoms with Gasteiger partial charge in [0.15, 0.2) is 0 Å². The summed E-state index contributed by atoms with van der Waals surface area (Å²) < 4.78 is 6.83. The first-order valence-corrected chi connectivity index (χ1v) is 15.8. The minimum Gasteiger partial charge on any atom is -0.488 e. The van der Waals surface area contributed by atoms with Crippen LogP contribution in [0.15, 0.2) is 96.0 Å². The Kier molecular flexibility index (Phi) is 9.88. The van der Waals surface area contributed by atoms with E-state index >= 15 is 0 Å². The van der Waals surface area contributed by atoms with Crippen molar-refractivity contribution in [3.05, 3.63) is 124 Å². The third-order valence-corrected chi connectivity index (χ3v) is 9.71. The fourth-order valence-electron chi connectivity index (χ4n) is 5.56. The van der Waals surface area contributed by atoms with E-state index in [0.29, 0.717) is 15.2 Å². The lowest BCUT2D eigenvalue weighted by Gasteiger charge is -2.36. The summed E-state index contributed by atoms with van der Waals surface area (Å²) in [7, 11) is 0.567. The molecule has 4 rings (SSSR count). The van der Waals surface area contributed by atoms with Crippen LogP contribution in [0.25, 0.3) is 0 Å².